The summed E-state index contributed by atoms with van der Waals surface area (Å²) < 4.78 is 8.06. The van der Waals surface area contributed by atoms with Crippen molar-refractivity contribution in [2.24, 2.45) is 0 Å². The molecule has 2 aromatic heterocycles. The molecule has 7 nitrogen and oxygen atoms in total. The second-order valence-electron chi connectivity index (χ2n) is 8.27. The van der Waals surface area contributed by atoms with E-state index in [2.05, 4.69) is 33.7 Å². The molecule has 2 heterocycles. The van der Waals surface area contributed by atoms with Gasteiger partial charge < -0.3 is 14.6 Å². The zero-order valence-corrected chi connectivity index (χ0v) is 21.0. The fourth-order valence-corrected chi connectivity index (χ4v) is 6.46. The van der Waals surface area contributed by atoms with Crippen LogP contribution in [0.4, 0.5) is 5.00 Å². The van der Waals surface area contributed by atoms with E-state index in [-0.39, 0.29) is 18.3 Å². The molecule has 1 aliphatic rings. The molecule has 9 heteroatoms. The number of nitrogens with one attached hydrogen (secondary N) is 1. The van der Waals surface area contributed by atoms with Gasteiger partial charge in [-0.2, -0.15) is 5.26 Å². The summed E-state index contributed by atoms with van der Waals surface area (Å²) in [4.78, 5) is 13.9. The Morgan fingerprint density at radius 3 is 2.89 bits per heavy atom. The number of nitrogens with zero attached hydrogens (tertiary/aromatic N) is 4. The lowest BCUT2D eigenvalue weighted by Gasteiger charge is -2.10. The highest BCUT2D eigenvalue weighted by atomic mass is 32.2. The minimum absolute atomic E-state index is 0.149. The molecular weight excluding hydrogens is 478 g/mol. The van der Waals surface area contributed by atoms with Gasteiger partial charge in [0.2, 0.25) is 5.91 Å². The van der Waals surface area contributed by atoms with Gasteiger partial charge >= 0.3 is 0 Å². The average Bonchev–Trinajstić information content (AvgIpc) is 3.45. The van der Waals surface area contributed by atoms with Crippen LogP contribution >= 0.6 is 23.1 Å². The number of thioether (sulfide) groups is 1. The molecule has 4 aromatic rings. The fraction of sp³-hybridized carbons (Fsp3) is 0.308. The molecule has 0 saturated heterocycles. The smallest absolute Gasteiger partial charge is 0.235 e. The molecule has 1 N–H and O–H groups in total. The number of amides is 1. The number of hydrogen-bond donors (Lipinski definition) is 1. The molecular formula is C26H25N5O2S2. The van der Waals surface area contributed by atoms with E-state index in [1.54, 1.807) is 11.3 Å². The number of nitriles is 1. The molecule has 0 bridgehead atoms. The summed E-state index contributed by atoms with van der Waals surface area (Å²) in [5.41, 5.74) is 1.75. The van der Waals surface area contributed by atoms with Gasteiger partial charge in [-0.3, -0.25) is 4.79 Å². The first kappa shape index (κ1) is 23.4. The average molecular weight is 504 g/mol. The summed E-state index contributed by atoms with van der Waals surface area (Å²) in [7, 11) is 0. The van der Waals surface area contributed by atoms with Crippen molar-refractivity contribution >= 4 is 44.8 Å². The first-order valence-corrected chi connectivity index (χ1v) is 13.5. The van der Waals surface area contributed by atoms with E-state index < -0.39 is 0 Å². The number of benzene rings is 2. The van der Waals surface area contributed by atoms with Crippen LogP contribution < -0.4 is 10.1 Å². The van der Waals surface area contributed by atoms with Crippen molar-refractivity contribution in [1.29, 1.82) is 5.26 Å². The summed E-state index contributed by atoms with van der Waals surface area (Å²) in [6, 6.07) is 16.4. The molecule has 0 unspecified atom stereocenters. The Morgan fingerprint density at radius 2 is 2.03 bits per heavy atom. The molecule has 2 aromatic carbocycles. The van der Waals surface area contributed by atoms with Crippen LogP contribution in [0.2, 0.25) is 0 Å². The van der Waals surface area contributed by atoms with Crippen molar-refractivity contribution in [2.75, 3.05) is 11.1 Å². The third-order valence-corrected chi connectivity index (χ3v) is 8.26. The van der Waals surface area contributed by atoms with E-state index in [1.807, 2.05) is 41.8 Å². The number of rotatable bonds is 8. The molecule has 178 valence electrons. The molecule has 1 aliphatic carbocycles. The topological polar surface area (TPSA) is 92.8 Å². The maximum absolute atomic E-state index is 12.7. The highest BCUT2D eigenvalue weighted by Crippen LogP contribution is 2.37. The first-order valence-electron chi connectivity index (χ1n) is 11.7. The van der Waals surface area contributed by atoms with Crippen molar-refractivity contribution in [3.63, 3.8) is 0 Å². The minimum Gasteiger partial charge on any atom is -0.485 e. The molecule has 0 spiro atoms. The molecule has 0 aliphatic heterocycles. The van der Waals surface area contributed by atoms with Gasteiger partial charge in [0.25, 0.3) is 0 Å². The molecule has 0 fully saturated rings. The fourth-order valence-electron chi connectivity index (χ4n) is 4.38. The number of anilines is 1. The van der Waals surface area contributed by atoms with Crippen molar-refractivity contribution in [3.05, 3.63) is 64.3 Å². The van der Waals surface area contributed by atoms with Gasteiger partial charge in [0.15, 0.2) is 11.0 Å². The Morgan fingerprint density at radius 1 is 1.20 bits per heavy atom. The monoisotopic (exact) mass is 503 g/mol. The Hall–Kier alpha value is -3.35. The van der Waals surface area contributed by atoms with E-state index in [0.29, 0.717) is 28.1 Å². The predicted molar refractivity (Wildman–Crippen MR) is 139 cm³/mol. The van der Waals surface area contributed by atoms with Crippen LogP contribution in [0.15, 0.2) is 47.6 Å². The van der Waals surface area contributed by atoms with Gasteiger partial charge in [-0.15, -0.1) is 21.5 Å². The number of hydrogen-bond acceptors (Lipinski definition) is 7. The molecule has 5 rings (SSSR count). The molecule has 0 saturated carbocycles. The van der Waals surface area contributed by atoms with E-state index in [4.69, 9.17) is 4.74 Å². The van der Waals surface area contributed by atoms with Crippen molar-refractivity contribution < 1.29 is 9.53 Å². The highest BCUT2D eigenvalue weighted by Gasteiger charge is 2.22. The summed E-state index contributed by atoms with van der Waals surface area (Å²) >= 11 is 2.88. The van der Waals surface area contributed by atoms with Crippen molar-refractivity contribution in [3.8, 4) is 11.8 Å². The number of ether oxygens (including phenoxy) is 1. The second kappa shape index (κ2) is 10.5. The van der Waals surface area contributed by atoms with Gasteiger partial charge in [-0.05, 0) is 49.6 Å². The summed E-state index contributed by atoms with van der Waals surface area (Å²) in [6.07, 6.45) is 4.15. The number of carbonyl (C=O) groups is 1. The maximum atomic E-state index is 12.7. The van der Waals surface area contributed by atoms with Crippen LogP contribution in [0.25, 0.3) is 10.8 Å². The van der Waals surface area contributed by atoms with Crippen LogP contribution in [0.5, 0.6) is 5.75 Å². The SMILES string of the molecule is CCn1c(COc2cccc3ccccc23)nnc1SCC(=O)Nc1sc2c(c1C#N)CCCC2. The third-order valence-electron chi connectivity index (χ3n) is 6.08. The van der Waals surface area contributed by atoms with E-state index in [9.17, 15) is 10.1 Å². The van der Waals surface area contributed by atoms with E-state index >= 15 is 0 Å². The van der Waals surface area contributed by atoms with Crippen LogP contribution in [0, 0.1) is 11.3 Å². The largest absolute Gasteiger partial charge is 0.485 e. The zero-order valence-electron chi connectivity index (χ0n) is 19.4. The number of carbonyl (C=O) groups excluding carboxylic acids is 1. The maximum Gasteiger partial charge on any atom is 0.235 e. The van der Waals surface area contributed by atoms with Gasteiger partial charge in [0.1, 0.15) is 23.4 Å². The molecule has 35 heavy (non-hydrogen) atoms. The first-order chi connectivity index (χ1) is 17.2. The van der Waals surface area contributed by atoms with E-state index in [0.717, 1.165) is 47.8 Å². The van der Waals surface area contributed by atoms with Crippen LogP contribution in [-0.4, -0.2) is 26.4 Å². The minimum atomic E-state index is -0.149. The molecule has 0 atom stereocenters. The zero-order chi connectivity index (χ0) is 24.2. The van der Waals surface area contributed by atoms with Gasteiger partial charge in [0.05, 0.1) is 11.3 Å². The molecule has 1 amide bonds. The number of aromatic nitrogens is 3. The van der Waals surface area contributed by atoms with E-state index in [1.165, 1.54) is 16.6 Å². The third kappa shape index (κ3) is 4.90. The lowest BCUT2D eigenvalue weighted by Crippen LogP contribution is -2.15. The normalized spacial score (nSPS) is 12.8. The summed E-state index contributed by atoms with van der Waals surface area (Å²) in [6.45, 7) is 2.97. The highest BCUT2D eigenvalue weighted by molar-refractivity contribution is 7.99. The Balaban J connectivity index is 1.23. The van der Waals surface area contributed by atoms with Gasteiger partial charge in [-0.1, -0.05) is 48.2 Å². The Bertz CT molecular complexity index is 1410. The van der Waals surface area contributed by atoms with Crippen LogP contribution in [-0.2, 0) is 30.8 Å². The number of thiophene rings is 1. The van der Waals surface area contributed by atoms with Crippen LogP contribution in [0.3, 0.4) is 0 Å². The lowest BCUT2D eigenvalue weighted by molar-refractivity contribution is -0.113. The lowest BCUT2D eigenvalue weighted by atomic mass is 9.96. The summed E-state index contributed by atoms with van der Waals surface area (Å²) in [5.74, 6) is 1.55. The van der Waals surface area contributed by atoms with Crippen molar-refractivity contribution in [1.82, 2.24) is 14.8 Å². The summed E-state index contributed by atoms with van der Waals surface area (Å²) in [5, 5.41) is 24.7. The Labute approximate surface area is 212 Å². The second-order valence-corrected chi connectivity index (χ2v) is 10.3. The van der Waals surface area contributed by atoms with Crippen LogP contribution in [0.1, 0.15) is 41.6 Å². The standard InChI is InChI=1S/C26H25N5O2S2/c1-2-31-23(15-33-21-12-7-9-17-8-3-4-10-18(17)21)29-30-26(31)34-16-24(32)28-25-20(14-27)19-11-5-6-13-22(19)35-25/h3-4,7-10,12H,2,5-6,11,13,15-16H2,1H3,(H,28,32). The van der Waals surface area contributed by atoms with Crippen molar-refractivity contribution in [2.45, 2.75) is 50.9 Å². The Kier molecular flexibility index (Phi) is 7.02. The predicted octanol–water partition coefficient (Wildman–Crippen LogP) is 5.57. The quantitative estimate of drug-likeness (QED) is 0.316. The van der Waals surface area contributed by atoms with Gasteiger partial charge in [0, 0.05) is 16.8 Å². The number of fused-ring (bicyclic) bond motifs is 2. The van der Waals surface area contributed by atoms with Gasteiger partial charge in [-0.25, -0.2) is 0 Å². The molecule has 0 radical (unpaired) electrons. The number of aryl methyl sites for hydroxylation is 1.